The number of rotatable bonds is 2. The van der Waals surface area contributed by atoms with Gasteiger partial charge in [0.15, 0.2) is 0 Å². The minimum Gasteiger partial charge on any atom is -0.0625 e. The Morgan fingerprint density at radius 2 is 1.00 bits per heavy atom. The summed E-state index contributed by atoms with van der Waals surface area (Å²) in [6.45, 7) is 2.46. The Kier molecular flexibility index (Phi) is 4.87. The molecule has 2 atom stereocenters. The molecule has 110 valence electrons. The third-order valence-electron chi connectivity index (χ3n) is 6.80. The fraction of sp³-hybridized carbons (Fsp3) is 1.00. The molecule has 3 aliphatic rings. The summed E-state index contributed by atoms with van der Waals surface area (Å²) in [5.74, 6) is 5.50. The van der Waals surface area contributed by atoms with Crippen molar-refractivity contribution in [2.45, 2.75) is 90.4 Å². The molecule has 0 aliphatic heterocycles. The van der Waals surface area contributed by atoms with Gasteiger partial charge in [0.1, 0.15) is 0 Å². The summed E-state index contributed by atoms with van der Waals surface area (Å²) in [5, 5.41) is 0. The van der Waals surface area contributed by atoms with Gasteiger partial charge in [-0.25, -0.2) is 0 Å². The molecule has 2 unspecified atom stereocenters. The van der Waals surface area contributed by atoms with Gasteiger partial charge in [0, 0.05) is 0 Å². The van der Waals surface area contributed by atoms with Crippen LogP contribution in [0.4, 0.5) is 0 Å². The first-order valence-corrected chi connectivity index (χ1v) is 9.33. The molecule has 0 bridgehead atoms. The molecule has 3 fully saturated rings. The zero-order valence-corrected chi connectivity index (χ0v) is 13.1. The van der Waals surface area contributed by atoms with Gasteiger partial charge in [-0.15, -0.1) is 0 Å². The summed E-state index contributed by atoms with van der Waals surface area (Å²) in [6, 6.07) is 0. The van der Waals surface area contributed by atoms with Crippen LogP contribution < -0.4 is 0 Å². The van der Waals surface area contributed by atoms with E-state index in [2.05, 4.69) is 6.92 Å². The largest absolute Gasteiger partial charge is 0.0625 e. The minimum absolute atomic E-state index is 1.02. The van der Waals surface area contributed by atoms with Gasteiger partial charge >= 0.3 is 0 Å². The van der Waals surface area contributed by atoms with Gasteiger partial charge in [-0.1, -0.05) is 71.1 Å². The van der Waals surface area contributed by atoms with Crippen molar-refractivity contribution in [1.29, 1.82) is 0 Å². The van der Waals surface area contributed by atoms with E-state index in [1.807, 2.05) is 0 Å². The summed E-state index contributed by atoms with van der Waals surface area (Å²) in [6.07, 6.45) is 20.2. The van der Waals surface area contributed by atoms with Crippen LogP contribution in [0.1, 0.15) is 90.4 Å². The molecule has 19 heavy (non-hydrogen) atoms. The Labute approximate surface area is 120 Å². The average Bonchev–Trinajstić information content (AvgIpc) is 2.49. The van der Waals surface area contributed by atoms with Crippen LogP contribution in [0.25, 0.3) is 0 Å². The molecule has 0 spiro atoms. The lowest BCUT2D eigenvalue weighted by Crippen LogP contribution is -2.29. The first-order valence-electron chi connectivity index (χ1n) is 9.33. The molecule has 3 aliphatic carbocycles. The van der Waals surface area contributed by atoms with Gasteiger partial charge in [0.25, 0.3) is 0 Å². The van der Waals surface area contributed by atoms with E-state index in [-0.39, 0.29) is 0 Å². The van der Waals surface area contributed by atoms with Crippen LogP contribution >= 0.6 is 0 Å². The van der Waals surface area contributed by atoms with Crippen molar-refractivity contribution >= 4 is 0 Å². The Morgan fingerprint density at radius 3 is 1.63 bits per heavy atom. The highest BCUT2D eigenvalue weighted by Gasteiger charge is 2.33. The monoisotopic (exact) mass is 262 g/mol. The lowest BCUT2D eigenvalue weighted by Gasteiger charge is -2.41. The summed E-state index contributed by atoms with van der Waals surface area (Å²) in [4.78, 5) is 0. The Hall–Kier alpha value is 0. The van der Waals surface area contributed by atoms with Crippen LogP contribution in [0.15, 0.2) is 0 Å². The van der Waals surface area contributed by atoms with E-state index in [1.54, 1.807) is 51.4 Å². The second-order valence-corrected chi connectivity index (χ2v) is 8.10. The highest BCUT2D eigenvalue weighted by Crippen LogP contribution is 2.45. The molecule has 0 heterocycles. The lowest BCUT2D eigenvalue weighted by molar-refractivity contribution is 0.103. The third-order valence-corrected chi connectivity index (χ3v) is 6.80. The maximum absolute atomic E-state index is 2.46. The Bertz CT molecular complexity index is 255. The van der Waals surface area contributed by atoms with E-state index in [1.165, 1.54) is 32.1 Å². The van der Waals surface area contributed by atoms with Gasteiger partial charge in [0.05, 0.1) is 0 Å². The second kappa shape index (κ2) is 6.64. The van der Waals surface area contributed by atoms with E-state index in [4.69, 9.17) is 0 Å². The van der Waals surface area contributed by atoms with Gasteiger partial charge < -0.3 is 0 Å². The Morgan fingerprint density at radius 1 is 0.474 bits per heavy atom. The van der Waals surface area contributed by atoms with Crippen molar-refractivity contribution in [3.63, 3.8) is 0 Å². The molecule has 0 aromatic rings. The average molecular weight is 262 g/mol. The summed E-state index contributed by atoms with van der Waals surface area (Å²) < 4.78 is 0. The van der Waals surface area contributed by atoms with Crippen molar-refractivity contribution < 1.29 is 0 Å². The molecular weight excluding hydrogens is 228 g/mol. The van der Waals surface area contributed by atoms with Crippen LogP contribution in [0.3, 0.4) is 0 Å². The first-order chi connectivity index (χ1) is 9.33. The highest BCUT2D eigenvalue weighted by atomic mass is 14.4. The van der Waals surface area contributed by atoms with Crippen molar-refractivity contribution in [2.75, 3.05) is 0 Å². The molecule has 0 amide bonds. The molecular formula is C19H34. The standard InChI is InChI=1S/C19H34/c1-15-10-12-17(13-11-15)19-9-5-8-18(14-19)16-6-3-2-4-7-16/h15-19H,2-14H2,1H3. The van der Waals surface area contributed by atoms with E-state index in [0.29, 0.717) is 0 Å². The second-order valence-electron chi connectivity index (χ2n) is 8.10. The van der Waals surface area contributed by atoms with Gasteiger partial charge in [0.2, 0.25) is 0 Å². The maximum Gasteiger partial charge on any atom is -0.0383 e. The van der Waals surface area contributed by atoms with Crippen molar-refractivity contribution in [3.8, 4) is 0 Å². The normalized spacial score (nSPS) is 42.2. The molecule has 3 saturated carbocycles. The molecule has 0 radical (unpaired) electrons. The fourth-order valence-electron chi connectivity index (χ4n) is 5.49. The predicted molar refractivity (Wildman–Crippen MR) is 83.1 cm³/mol. The SMILES string of the molecule is CC1CCC(C2CCCC(C3CCCCC3)C2)CC1. The van der Waals surface area contributed by atoms with E-state index < -0.39 is 0 Å². The van der Waals surface area contributed by atoms with Crippen molar-refractivity contribution in [3.05, 3.63) is 0 Å². The zero-order chi connectivity index (χ0) is 13.1. The van der Waals surface area contributed by atoms with Gasteiger partial charge in [-0.3, -0.25) is 0 Å². The van der Waals surface area contributed by atoms with Gasteiger partial charge in [-0.05, 0) is 48.9 Å². The number of hydrogen-bond acceptors (Lipinski definition) is 0. The van der Waals surface area contributed by atoms with Gasteiger partial charge in [-0.2, -0.15) is 0 Å². The molecule has 0 saturated heterocycles. The molecule has 0 aromatic heterocycles. The summed E-state index contributed by atoms with van der Waals surface area (Å²) in [7, 11) is 0. The molecule has 3 rings (SSSR count). The van der Waals surface area contributed by atoms with Crippen LogP contribution in [-0.2, 0) is 0 Å². The molecule has 0 heteroatoms. The first kappa shape index (κ1) is 14.0. The van der Waals surface area contributed by atoms with Crippen molar-refractivity contribution in [1.82, 2.24) is 0 Å². The van der Waals surface area contributed by atoms with Crippen LogP contribution in [0.5, 0.6) is 0 Å². The molecule has 0 nitrogen and oxygen atoms in total. The van der Waals surface area contributed by atoms with Crippen LogP contribution in [-0.4, -0.2) is 0 Å². The predicted octanol–water partition coefficient (Wildman–Crippen LogP) is 6.20. The Balaban J connectivity index is 1.52. The maximum atomic E-state index is 2.46. The van der Waals surface area contributed by atoms with E-state index in [0.717, 1.165) is 29.6 Å². The fourth-order valence-corrected chi connectivity index (χ4v) is 5.49. The number of hydrogen-bond donors (Lipinski definition) is 0. The van der Waals surface area contributed by atoms with Crippen LogP contribution in [0.2, 0.25) is 0 Å². The molecule has 0 N–H and O–H groups in total. The van der Waals surface area contributed by atoms with Crippen molar-refractivity contribution in [2.24, 2.45) is 29.6 Å². The topological polar surface area (TPSA) is 0 Å². The quantitative estimate of drug-likeness (QED) is 0.556. The highest BCUT2D eigenvalue weighted by molar-refractivity contribution is 4.85. The van der Waals surface area contributed by atoms with Crippen LogP contribution in [0, 0.1) is 29.6 Å². The zero-order valence-electron chi connectivity index (χ0n) is 13.1. The third kappa shape index (κ3) is 3.56. The van der Waals surface area contributed by atoms with E-state index >= 15 is 0 Å². The smallest absolute Gasteiger partial charge is 0.0383 e. The van der Waals surface area contributed by atoms with E-state index in [9.17, 15) is 0 Å². The summed E-state index contributed by atoms with van der Waals surface area (Å²) in [5.41, 5.74) is 0. The molecule has 0 aromatic carbocycles. The minimum atomic E-state index is 1.02. The lowest BCUT2D eigenvalue weighted by atomic mass is 9.65. The summed E-state index contributed by atoms with van der Waals surface area (Å²) >= 11 is 0.